The van der Waals surface area contributed by atoms with Gasteiger partial charge < -0.3 is 10.1 Å². The Morgan fingerprint density at radius 3 is 2.89 bits per heavy atom. The van der Waals surface area contributed by atoms with E-state index >= 15 is 0 Å². The van der Waals surface area contributed by atoms with Crippen LogP contribution in [-0.2, 0) is 17.8 Å². The van der Waals surface area contributed by atoms with Crippen LogP contribution in [0.3, 0.4) is 0 Å². The molecule has 5 nitrogen and oxygen atoms in total. The highest BCUT2D eigenvalue weighted by molar-refractivity contribution is 4.94. The van der Waals surface area contributed by atoms with Crippen LogP contribution in [0.4, 0.5) is 0 Å². The van der Waals surface area contributed by atoms with Crippen molar-refractivity contribution in [3.05, 3.63) is 11.9 Å². The van der Waals surface area contributed by atoms with Crippen LogP contribution in [0.2, 0.25) is 0 Å². The van der Waals surface area contributed by atoms with Crippen molar-refractivity contribution in [2.24, 2.45) is 5.92 Å². The van der Waals surface area contributed by atoms with Crippen molar-refractivity contribution in [3.63, 3.8) is 0 Å². The molecule has 1 aromatic rings. The van der Waals surface area contributed by atoms with Gasteiger partial charge in [-0.25, -0.2) is 4.68 Å². The monoisotopic (exact) mass is 264 g/mol. The molecule has 2 aliphatic rings. The Labute approximate surface area is 114 Å². The molecule has 0 atom stereocenters. The van der Waals surface area contributed by atoms with Gasteiger partial charge in [0.05, 0.1) is 18.8 Å². The summed E-state index contributed by atoms with van der Waals surface area (Å²) in [4.78, 5) is 0. The van der Waals surface area contributed by atoms with Crippen molar-refractivity contribution in [1.29, 1.82) is 0 Å². The lowest BCUT2D eigenvalue weighted by Gasteiger charge is -2.09. The largest absolute Gasteiger partial charge is 0.379 e. The first kappa shape index (κ1) is 13.1. The van der Waals surface area contributed by atoms with Crippen molar-refractivity contribution < 1.29 is 4.74 Å². The van der Waals surface area contributed by atoms with Gasteiger partial charge in [0.1, 0.15) is 0 Å². The van der Waals surface area contributed by atoms with Crippen molar-refractivity contribution in [2.75, 3.05) is 13.2 Å². The first-order valence-corrected chi connectivity index (χ1v) is 7.60. The predicted octanol–water partition coefficient (Wildman–Crippen LogP) is 1.74. The standard InChI is InChI=1S/C14H24N4O/c1-2-4-12(3-1)11-19-8-7-18-10-14(16-17-18)9-15-13-5-6-13/h10,12-13,15H,1-9,11H2. The topological polar surface area (TPSA) is 52.0 Å². The predicted molar refractivity (Wildman–Crippen MR) is 72.7 cm³/mol. The number of aromatic nitrogens is 3. The summed E-state index contributed by atoms with van der Waals surface area (Å²) in [5.74, 6) is 0.800. The zero-order chi connectivity index (χ0) is 12.9. The molecule has 2 aliphatic carbocycles. The van der Waals surface area contributed by atoms with Crippen molar-refractivity contribution >= 4 is 0 Å². The quantitative estimate of drug-likeness (QED) is 0.727. The fourth-order valence-corrected chi connectivity index (χ4v) is 2.65. The molecule has 5 heteroatoms. The van der Waals surface area contributed by atoms with Gasteiger partial charge in [-0.3, -0.25) is 0 Å². The number of nitrogens with one attached hydrogen (secondary N) is 1. The third-order valence-electron chi connectivity index (χ3n) is 4.03. The molecule has 0 saturated heterocycles. The lowest BCUT2D eigenvalue weighted by molar-refractivity contribution is 0.0926. The molecule has 1 aromatic heterocycles. The SMILES string of the molecule is c1c(CNC2CC2)nnn1CCOCC1CCCC1. The summed E-state index contributed by atoms with van der Waals surface area (Å²) >= 11 is 0. The molecule has 0 unspecified atom stereocenters. The molecule has 0 aliphatic heterocycles. The second-order valence-electron chi connectivity index (χ2n) is 5.85. The number of rotatable bonds is 8. The first-order valence-electron chi connectivity index (χ1n) is 7.60. The normalized spacial score (nSPS) is 20.2. The fraction of sp³-hybridized carbons (Fsp3) is 0.857. The summed E-state index contributed by atoms with van der Waals surface area (Å²) in [5.41, 5.74) is 1.03. The zero-order valence-electron chi connectivity index (χ0n) is 11.6. The van der Waals surface area contributed by atoms with E-state index in [4.69, 9.17) is 4.74 Å². The van der Waals surface area contributed by atoms with E-state index in [0.717, 1.165) is 44.0 Å². The maximum absolute atomic E-state index is 5.73. The van der Waals surface area contributed by atoms with E-state index in [1.165, 1.54) is 38.5 Å². The molecule has 19 heavy (non-hydrogen) atoms. The Kier molecular flexibility index (Phi) is 4.45. The van der Waals surface area contributed by atoms with Gasteiger partial charge in [0.2, 0.25) is 0 Å². The van der Waals surface area contributed by atoms with E-state index in [9.17, 15) is 0 Å². The van der Waals surface area contributed by atoms with Crippen LogP contribution >= 0.6 is 0 Å². The van der Waals surface area contributed by atoms with Crippen molar-refractivity contribution in [1.82, 2.24) is 20.3 Å². The second kappa shape index (κ2) is 6.48. The highest BCUT2D eigenvalue weighted by Crippen LogP contribution is 2.24. The average molecular weight is 264 g/mol. The van der Waals surface area contributed by atoms with Crippen LogP contribution in [0, 0.1) is 5.92 Å². The minimum atomic E-state index is 0.722. The average Bonchev–Trinajstić information content (AvgIpc) is 2.91. The van der Waals surface area contributed by atoms with Crippen LogP contribution < -0.4 is 5.32 Å². The molecule has 2 saturated carbocycles. The van der Waals surface area contributed by atoms with E-state index in [1.54, 1.807) is 0 Å². The third kappa shape index (κ3) is 4.28. The number of hydrogen-bond acceptors (Lipinski definition) is 4. The molecule has 2 fully saturated rings. The van der Waals surface area contributed by atoms with Gasteiger partial charge in [-0.05, 0) is 31.6 Å². The number of nitrogens with zero attached hydrogens (tertiary/aromatic N) is 3. The summed E-state index contributed by atoms with van der Waals surface area (Å²) in [6.45, 7) is 3.32. The van der Waals surface area contributed by atoms with Gasteiger partial charge in [-0.1, -0.05) is 18.1 Å². The smallest absolute Gasteiger partial charge is 0.0964 e. The van der Waals surface area contributed by atoms with Crippen LogP contribution in [0.25, 0.3) is 0 Å². The minimum Gasteiger partial charge on any atom is -0.379 e. The Morgan fingerprint density at radius 1 is 1.26 bits per heavy atom. The molecule has 0 amide bonds. The summed E-state index contributed by atoms with van der Waals surface area (Å²) in [6.07, 6.45) is 10.1. The Morgan fingerprint density at radius 2 is 2.11 bits per heavy atom. The van der Waals surface area contributed by atoms with Crippen LogP contribution in [0.5, 0.6) is 0 Å². The minimum absolute atomic E-state index is 0.722. The molecular weight excluding hydrogens is 240 g/mol. The molecule has 0 aromatic carbocycles. The highest BCUT2D eigenvalue weighted by atomic mass is 16.5. The van der Waals surface area contributed by atoms with Gasteiger partial charge in [-0.2, -0.15) is 0 Å². The molecular formula is C14H24N4O. The fourth-order valence-electron chi connectivity index (χ4n) is 2.65. The van der Waals surface area contributed by atoms with Crippen LogP contribution in [0.1, 0.15) is 44.2 Å². The lowest BCUT2D eigenvalue weighted by atomic mass is 10.1. The summed E-state index contributed by atoms with van der Waals surface area (Å²) in [7, 11) is 0. The van der Waals surface area contributed by atoms with E-state index in [0.29, 0.717) is 0 Å². The first-order chi connectivity index (χ1) is 9.40. The Balaban J connectivity index is 1.30. The second-order valence-corrected chi connectivity index (χ2v) is 5.85. The van der Waals surface area contributed by atoms with Crippen LogP contribution in [0.15, 0.2) is 6.20 Å². The molecule has 0 radical (unpaired) electrons. The van der Waals surface area contributed by atoms with E-state index < -0.39 is 0 Å². The molecule has 106 valence electrons. The summed E-state index contributed by atoms with van der Waals surface area (Å²) in [6, 6.07) is 0.722. The van der Waals surface area contributed by atoms with Crippen molar-refractivity contribution in [2.45, 2.75) is 57.7 Å². The van der Waals surface area contributed by atoms with Gasteiger partial charge in [-0.15, -0.1) is 5.10 Å². The zero-order valence-corrected chi connectivity index (χ0v) is 11.6. The highest BCUT2D eigenvalue weighted by Gasteiger charge is 2.20. The number of hydrogen-bond donors (Lipinski definition) is 1. The van der Waals surface area contributed by atoms with Crippen LogP contribution in [-0.4, -0.2) is 34.2 Å². The van der Waals surface area contributed by atoms with Gasteiger partial charge in [0.25, 0.3) is 0 Å². The van der Waals surface area contributed by atoms with Crippen molar-refractivity contribution in [3.8, 4) is 0 Å². The molecule has 1 heterocycles. The summed E-state index contributed by atoms with van der Waals surface area (Å²) in [5, 5.41) is 11.7. The number of ether oxygens (including phenoxy) is 1. The Hall–Kier alpha value is -0.940. The van der Waals surface area contributed by atoms with E-state index in [-0.39, 0.29) is 0 Å². The van der Waals surface area contributed by atoms with Gasteiger partial charge >= 0.3 is 0 Å². The van der Waals surface area contributed by atoms with Gasteiger partial charge in [0, 0.05) is 25.4 Å². The maximum Gasteiger partial charge on any atom is 0.0964 e. The maximum atomic E-state index is 5.73. The third-order valence-corrected chi connectivity index (χ3v) is 4.03. The van der Waals surface area contributed by atoms with E-state index in [1.807, 2.05) is 10.9 Å². The molecule has 3 rings (SSSR count). The molecule has 1 N–H and O–H groups in total. The van der Waals surface area contributed by atoms with E-state index in [2.05, 4.69) is 15.6 Å². The molecule has 0 bridgehead atoms. The Bertz CT molecular complexity index is 383. The van der Waals surface area contributed by atoms with Gasteiger partial charge in [0.15, 0.2) is 0 Å². The summed E-state index contributed by atoms with van der Waals surface area (Å²) < 4.78 is 7.62. The molecule has 0 spiro atoms. The lowest BCUT2D eigenvalue weighted by Crippen LogP contribution is -2.15.